The quantitative estimate of drug-likeness (QED) is 0.384. The average Bonchev–Trinajstić information content (AvgIpc) is 2.64. The van der Waals surface area contributed by atoms with Crippen molar-refractivity contribution in [3.63, 3.8) is 0 Å². The molecule has 0 aliphatic heterocycles. The lowest BCUT2D eigenvalue weighted by molar-refractivity contribution is -0.138. The molecule has 0 heterocycles. The number of carbonyl (C=O) groups is 1. The van der Waals surface area contributed by atoms with Crippen molar-refractivity contribution in [1.29, 1.82) is 0 Å². The first-order valence-corrected chi connectivity index (χ1v) is 8.59. The lowest BCUT2D eigenvalue weighted by Crippen LogP contribution is -2.09. The van der Waals surface area contributed by atoms with Crippen LogP contribution in [0.25, 0.3) is 0 Å². The highest BCUT2D eigenvalue weighted by molar-refractivity contribution is 6.00. The third-order valence-corrected chi connectivity index (χ3v) is 3.73. The van der Waals surface area contributed by atoms with Gasteiger partial charge in [-0.25, -0.2) is 0 Å². The summed E-state index contributed by atoms with van der Waals surface area (Å²) in [5.41, 5.74) is 0.617. The molecular formula is C20H20F3NO4. The predicted octanol–water partition coefficient (Wildman–Crippen LogP) is 4.54. The van der Waals surface area contributed by atoms with Gasteiger partial charge in [-0.15, -0.1) is 0 Å². The minimum atomic E-state index is -4.42. The standard InChI is InChI=1S/C20H20F3NO4/c1-2-18(15-6-4-7-16(13-15)20(21,22)23)24-28-10-9-27-17-8-3-5-14(11-17)12-19(25)26/h3-8,11,13H,2,9-10,12H2,1H3,(H,25,26)/b24-18+. The maximum atomic E-state index is 12.8. The molecule has 0 bridgehead atoms. The Hall–Kier alpha value is -3.03. The van der Waals surface area contributed by atoms with Crippen LogP contribution in [0.3, 0.4) is 0 Å². The molecule has 0 aromatic heterocycles. The Labute approximate surface area is 160 Å². The SMILES string of the molecule is CC/C(=N\OCCOc1cccc(CC(=O)O)c1)c1cccc(C(F)(F)F)c1. The highest BCUT2D eigenvalue weighted by Gasteiger charge is 2.30. The Morgan fingerprint density at radius 2 is 1.86 bits per heavy atom. The maximum absolute atomic E-state index is 12.8. The molecule has 5 nitrogen and oxygen atoms in total. The summed E-state index contributed by atoms with van der Waals surface area (Å²) < 4.78 is 44.0. The van der Waals surface area contributed by atoms with E-state index >= 15 is 0 Å². The summed E-state index contributed by atoms with van der Waals surface area (Å²) in [6.45, 7) is 2.01. The number of hydrogen-bond donors (Lipinski definition) is 1. The summed E-state index contributed by atoms with van der Waals surface area (Å²) in [6, 6.07) is 11.6. The maximum Gasteiger partial charge on any atom is 0.416 e. The Bertz CT molecular complexity index is 834. The molecule has 2 aromatic rings. The van der Waals surface area contributed by atoms with Crippen LogP contribution in [0.4, 0.5) is 13.2 Å². The normalized spacial score (nSPS) is 11.9. The molecule has 0 fully saturated rings. The van der Waals surface area contributed by atoms with E-state index in [-0.39, 0.29) is 19.6 Å². The first-order chi connectivity index (χ1) is 13.3. The van der Waals surface area contributed by atoms with Gasteiger partial charge in [0.25, 0.3) is 0 Å². The van der Waals surface area contributed by atoms with Gasteiger partial charge in [-0.3, -0.25) is 4.79 Å². The molecule has 0 spiro atoms. The molecular weight excluding hydrogens is 375 g/mol. The molecule has 1 N–H and O–H groups in total. The third-order valence-electron chi connectivity index (χ3n) is 3.73. The first-order valence-electron chi connectivity index (χ1n) is 8.59. The van der Waals surface area contributed by atoms with Crippen LogP contribution >= 0.6 is 0 Å². The van der Waals surface area contributed by atoms with Crippen LogP contribution in [-0.4, -0.2) is 30.0 Å². The van der Waals surface area contributed by atoms with Crippen molar-refractivity contribution >= 4 is 11.7 Å². The van der Waals surface area contributed by atoms with E-state index in [2.05, 4.69) is 5.16 Å². The van der Waals surface area contributed by atoms with Crippen LogP contribution in [0.1, 0.15) is 30.0 Å². The second-order valence-corrected chi connectivity index (χ2v) is 5.87. The summed E-state index contributed by atoms with van der Waals surface area (Å²) in [5.74, 6) is -0.434. The minimum Gasteiger partial charge on any atom is -0.490 e. The van der Waals surface area contributed by atoms with Crippen LogP contribution < -0.4 is 4.74 Å². The molecule has 0 atom stereocenters. The number of carboxylic acids is 1. The molecule has 0 aliphatic carbocycles. The monoisotopic (exact) mass is 395 g/mol. The summed E-state index contributed by atoms with van der Waals surface area (Å²) >= 11 is 0. The van der Waals surface area contributed by atoms with Gasteiger partial charge in [-0.1, -0.05) is 36.3 Å². The fraction of sp³-hybridized carbons (Fsp3) is 0.300. The molecule has 2 rings (SSSR count). The van der Waals surface area contributed by atoms with Crippen molar-refractivity contribution in [2.24, 2.45) is 5.16 Å². The molecule has 28 heavy (non-hydrogen) atoms. The Morgan fingerprint density at radius 1 is 1.11 bits per heavy atom. The number of nitrogens with zero attached hydrogens (tertiary/aromatic N) is 1. The van der Waals surface area contributed by atoms with Gasteiger partial charge in [0.15, 0.2) is 6.61 Å². The highest BCUT2D eigenvalue weighted by Crippen LogP contribution is 2.29. The summed E-state index contributed by atoms with van der Waals surface area (Å²) in [5, 5.41) is 12.7. The number of carboxylic acid groups (broad SMARTS) is 1. The Morgan fingerprint density at radius 3 is 2.54 bits per heavy atom. The minimum absolute atomic E-state index is 0.0889. The first kappa shape index (κ1) is 21.3. The van der Waals surface area contributed by atoms with E-state index in [0.29, 0.717) is 29.0 Å². The van der Waals surface area contributed by atoms with Crippen molar-refractivity contribution in [3.05, 3.63) is 65.2 Å². The Balaban J connectivity index is 1.90. The zero-order chi connectivity index (χ0) is 20.6. The number of aliphatic carboxylic acids is 1. The van der Waals surface area contributed by atoms with Gasteiger partial charge in [0.05, 0.1) is 17.7 Å². The average molecular weight is 395 g/mol. The van der Waals surface area contributed by atoms with E-state index in [0.717, 1.165) is 12.1 Å². The fourth-order valence-corrected chi connectivity index (χ4v) is 2.44. The second-order valence-electron chi connectivity index (χ2n) is 5.87. The van der Waals surface area contributed by atoms with Crippen molar-refractivity contribution in [2.45, 2.75) is 25.9 Å². The third kappa shape index (κ3) is 6.61. The van der Waals surface area contributed by atoms with E-state index in [1.165, 1.54) is 6.07 Å². The van der Waals surface area contributed by atoms with Crippen molar-refractivity contribution < 1.29 is 32.6 Å². The molecule has 0 saturated carbocycles. The summed E-state index contributed by atoms with van der Waals surface area (Å²) in [7, 11) is 0. The van der Waals surface area contributed by atoms with Gasteiger partial charge in [0.1, 0.15) is 12.4 Å². The number of alkyl halides is 3. The number of ether oxygens (including phenoxy) is 1. The molecule has 0 amide bonds. The highest BCUT2D eigenvalue weighted by atomic mass is 19.4. The summed E-state index contributed by atoms with van der Waals surface area (Å²) in [4.78, 5) is 15.9. The van der Waals surface area contributed by atoms with Crippen LogP contribution in [0.2, 0.25) is 0 Å². The van der Waals surface area contributed by atoms with E-state index in [9.17, 15) is 18.0 Å². The van der Waals surface area contributed by atoms with Gasteiger partial charge in [0, 0.05) is 0 Å². The van der Waals surface area contributed by atoms with E-state index in [4.69, 9.17) is 14.7 Å². The topological polar surface area (TPSA) is 68.1 Å². The van der Waals surface area contributed by atoms with E-state index in [1.807, 2.05) is 0 Å². The predicted molar refractivity (Wildman–Crippen MR) is 97.5 cm³/mol. The molecule has 0 saturated heterocycles. The number of benzene rings is 2. The molecule has 0 radical (unpaired) electrons. The van der Waals surface area contributed by atoms with Gasteiger partial charge in [-0.05, 0) is 41.8 Å². The molecule has 8 heteroatoms. The summed E-state index contributed by atoms with van der Waals surface area (Å²) in [6.07, 6.45) is -4.12. The second kappa shape index (κ2) is 9.77. The number of oxime groups is 1. The number of rotatable bonds is 9. The van der Waals surface area contributed by atoms with Crippen molar-refractivity contribution in [2.75, 3.05) is 13.2 Å². The lowest BCUT2D eigenvalue weighted by atomic mass is 10.0. The Kier molecular flexibility index (Phi) is 7.43. The number of halogens is 3. The fourth-order valence-electron chi connectivity index (χ4n) is 2.44. The lowest BCUT2D eigenvalue weighted by Gasteiger charge is -2.10. The molecule has 0 aliphatic rings. The van der Waals surface area contributed by atoms with Crippen LogP contribution in [-0.2, 0) is 22.2 Å². The van der Waals surface area contributed by atoms with Crippen LogP contribution in [0.5, 0.6) is 5.75 Å². The van der Waals surface area contributed by atoms with Gasteiger partial charge in [-0.2, -0.15) is 13.2 Å². The molecule has 150 valence electrons. The van der Waals surface area contributed by atoms with Crippen LogP contribution in [0, 0.1) is 0 Å². The van der Waals surface area contributed by atoms with Crippen LogP contribution in [0.15, 0.2) is 53.7 Å². The molecule has 0 unspecified atom stereocenters. The zero-order valence-corrected chi connectivity index (χ0v) is 15.2. The van der Waals surface area contributed by atoms with Gasteiger partial charge >= 0.3 is 12.1 Å². The molecule has 2 aromatic carbocycles. The van der Waals surface area contributed by atoms with Crippen molar-refractivity contribution in [1.82, 2.24) is 0 Å². The van der Waals surface area contributed by atoms with Gasteiger partial charge < -0.3 is 14.7 Å². The van der Waals surface area contributed by atoms with Gasteiger partial charge in [0.2, 0.25) is 0 Å². The zero-order valence-electron chi connectivity index (χ0n) is 15.2. The smallest absolute Gasteiger partial charge is 0.416 e. The number of hydrogen-bond acceptors (Lipinski definition) is 4. The largest absolute Gasteiger partial charge is 0.490 e. The van der Waals surface area contributed by atoms with E-state index in [1.54, 1.807) is 37.3 Å². The van der Waals surface area contributed by atoms with E-state index < -0.39 is 17.7 Å². The van der Waals surface area contributed by atoms with Crippen molar-refractivity contribution in [3.8, 4) is 5.75 Å².